The monoisotopic (exact) mass is 216 g/mol. The van der Waals surface area contributed by atoms with Crippen LogP contribution in [0.15, 0.2) is 12.2 Å². The molecule has 0 bridgehead atoms. The SMILES string of the molecule is C#CC#CCCC=CC(=O)CCC(C)CC. The number of unbranched alkanes of at least 4 members (excludes halogenated alkanes) is 1. The summed E-state index contributed by atoms with van der Waals surface area (Å²) in [7, 11) is 0. The normalized spacial score (nSPS) is 11.6. The summed E-state index contributed by atoms with van der Waals surface area (Å²) in [5.74, 6) is 8.47. The second kappa shape index (κ2) is 10.1. The molecule has 86 valence electrons. The van der Waals surface area contributed by atoms with E-state index in [0.717, 1.165) is 25.7 Å². The zero-order valence-corrected chi connectivity index (χ0v) is 10.3. The minimum absolute atomic E-state index is 0.213. The summed E-state index contributed by atoms with van der Waals surface area (Å²) in [5.41, 5.74) is 0. The Morgan fingerprint density at radius 1 is 1.50 bits per heavy atom. The van der Waals surface area contributed by atoms with Crippen molar-refractivity contribution in [1.82, 2.24) is 0 Å². The van der Waals surface area contributed by atoms with Crippen molar-refractivity contribution in [1.29, 1.82) is 0 Å². The van der Waals surface area contributed by atoms with Gasteiger partial charge in [0.1, 0.15) is 0 Å². The molecule has 1 unspecified atom stereocenters. The van der Waals surface area contributed by atoms with Crippen LogP contribution in [0.4, 0.5) is 0 Å². The lowest BCUT2D eigenvalue weighted by Gasteiger charge is -2.04. The molecule has 0 aliphatic rings. The van der Waals surface area contributed by atoms with Crippen molar-refractivity contribution in [2.45, 2.75) is 46.0 Å². The number of allylic oxidation sites excluding steroid dienone is 2. The van der Waals surface area contributed by atoms with Crippen molar-refractivity contribution in [3.8, 4) is 24.2 Å². The average Bonchev–Trinajstić information content (AvgIpc) is 2.30. The van der Waals surface area contributed by atoms with Gasteiger partial charge >= 0.3 is 0 Å². The minimum Gasteiger partial charge on any atom is -0.295 e. The largest absolute Gasteiger partial charge is 0.295 e. The van der Waals surface area contributed by atoms with E-state index in [0.29, 0.717) is 12.3 Å². The van der Waals surface area contributed by atoms with Crippen LogP contribution < -0.4 is 0 Å². The Balaban J connectivity index is 3.63. The van der Waals surface area contributed by atoms with Crippen LogP contribution in [0.1, 0.15) is 46.0 Å². The van der Waals surface area contributed by atoms with Crippen LogP contribution in [-0.4, -0.2) is 5.78 Å². The molecule has 0 spiro atoms. The predicted octanol–water partition coefficient (Wildman–Crippen LogP) is 3.35. The van der Waals surface area contributed by atoms with Gasteiger partial charge in [0, 0.05) is 12.8 Å². The van der Waals surface area contributed by atoms with Gasteiger partial charge < -0.3 is 0 Å². The highest BCUT2D eigenvalue weighted by atomic mass is 16.1. The Morgan fingerprint density at radius 3 is 2.88 bits per heavy atom. The van der Waals surface area contributed by atoms with E-state index in [1.54, 1.807) is 6.08 Å². The van der Waals surface area contributed by atoms with Crippen LogP contribution in [0, 0.1) is 30.1 Å². The van der Waals surface area contributed by atoms with Crippen LogP contribution in [0.3, 0.4) is 0 Å². The third-order valence-corrected chi connectivity index (χ3v) is 2.48. The Kier molecular flexibility index (Phi) is 9.14. The van der Waals surface area contributed by atoms with Crippen LogP contribution in [-0.2, 0) is 4.79 Å². The van der Waals surface area contributed by atoms with E-state index < -0.39 is 0 Å². The second-order valence-electron chi connectivity index (χ2n) is 3.91. The average molecular weight is 216 g/mol. The van der Waals surface area contributed by atoms with E-state index in [4.69, 9.17) is 6.42 Å². The molecule has 0 saturated carbocycles. The molecular weight excluding hydrogens is 196 g/mol. The summed E-state index contributed by atoms with van der Waals surface area (Å²) in [5, 5.41) is 0. The van der Waals surface area contributed by atoms with E-state index >= 15 is 0 Å². The van der Waals surface area contributed by atoms with Gasteiger partial charge in [0.25, 0.3) is 0 Å². The number of hydrogen-bond acceptors (Lipinski definition) is 1. The van der Waals surface area contributed by atoms with E-state index in [-0.39, 0.29) is 5.78 Å². The number of hydrogen-bond donors (Lipinski definition) is 0. The Labute approximate surface area is 99.3 Å². The van der Waals surface area contributed by atoms with Gasteiger partial charge in [0.2, 0.25) is 0 Å². The van der Waals surface area contributed by atoms with Crippen molar-refractivity contribution in [3.63, 3.8) is 0 Å². The molecule has 0 aliphatic heterocycles. The van der Waals surface area contributed by atoms with Gasteiger partial charge in [0.05, 0.1) is 0 Å². The molecule has 0 N–H and O–H groups in total. The topological polar surface area (TPSA) is 17.1 Å². The molecule has 0 amide bonds. The summed E-state index contributed by atoms with van der Waals surface area (Å²) in [6.45, 7) is 4.32. The molecule has 0 aromatic heterocycles. The quantitative estimate of drug-likeness (QED) is 0.362. The number of carbonyl (C=O) groups excluding carboxylic acids is 1. The first kappa shape index (κ1) is 14.5. The fourth-order valence-electron chi connectivity index (χ4n) is 1.16. The van der Waals surface area contributed by atoms with Crippen LogP contribution in [0.2, 0.25) is 0 Å². The molecule has 0 heterocycles. The number of terminal acetylenes is 1. The van der Waals surface area contributed by atoms with Crippen molar-refractivity contribution in [3.05, 3.63) is 12.2 Å². The summed E-state index contributed by atoms with van der Waals surface area (Å²) in [6.07, 6.45) is 12.8. The highest BCUT2D eigenvalue weighted by Crippen LogP contribution is 2.09. The Bertz CT molecular complexity index is 320. The van der Waals surface area contributed by atoms with E-state index in [1.807, 2.05) is 6.08 Å². The minimum atomic E-state index is 0.213. The molecule has 0 aliphatic carbocycles. The maximum atomic E-state index is 11.4. The van der Waals surface area contributed by atoms with E-state index in [9.17, 15) is 4.79 Å². The number of carbonyl (C=O) groups is 1. The van der Waals surface area contributed by atoms with E-state index in [2.05, 4.69) is 31.6 Å². The van der Waals surface area contributed by atoms with E-state index in [1.165, 1.54) is 0 Å². The zero-order valence-electron chi connectivity index (χ0n) is 10.3. The Morgan fingerprint density at radius 2 is 2.25 bits per heavy atom. The summed E-state index contributed by atoms with van der Waals surface area (Å²) in [4.78, 5) is 11.4. The van der Waals surface area contributed by atoms with Gasteiger partial charge in [-0.3, -0.25) is 4.79 Å². The van der Waals surface area contributed by atoms with Crippen LogP contribution in [0.25, 0.3) is 0 Å². The number of rotatable bonds is 7. The summed E-state index contributed by atoms with van der Waals surface area (Å²) in [6, 6.07) is 0. The highest BCUT2D eigenvalue weighted by Gasteiger charge is 2.01. The molecule has 1 atom stereocenters. The molecular formula is C15H20O. The van der Waals surface area contributed by atoms with Gasteiger partial charge in [-0.15, -0.1) is 6.42 Å². The van der Waals surface area contributed by atoms with Crippen molar-refractivity contribution in [2.24, 2.45) is 5.92 Å². The van der Waals surface area contributed by atoms with Gasteiger partial charge in [0.15, 0.2) is 5.78 Å². The maximum absolute atomic E-state index is 11.4. The van der Waals surface area contributed by atoms with Gasteiger partial charge in [-0.1, -0.05) is 32.3 Å². The molecule has 16 heavy (non-hydrogen) atoms. The van der Waals surface area contributed by atoms with Gasteiger partial charge in [-0.25, -0.2) is 0 Å². The van der Waals surface area contributed by atoms with Gasteiger partial charge in [-0.05, 0) is 36.7 Å². The van der Waals surface area contributed by atoms with Crippen LogP contribution >= 0.6 is 0 Å². The highest BCUT2D eigenvalue weighted by molar-refractivity contribution is 5.89. The molecule has 0 rings (SSSR count). The molecule has 0 radical (unpaired) electrons. The fraction of sp³-hybridized carbons (Fsp3) is 0.533. The maximum Gasteiger partial charge on any atom is 0.155 e. The summed E-state index contributed by atoms with van der Waals surface area (Å²) < 4.78 is 0. The third kappa shape index (κ3) is 9.10. The predicted molar refractivity (Wildman–Crippen MR) is 68.7 cm³/mol. The number of ketones is 1. The fourth-order valence-corrected chi connectivity index (χ4v) is 1.16. The molecule has 0 aromatic rings. The lowest BCUT2D eigenvalue weighted by atomic mass is 10.0. The molecule has 1 heteroatoms. The molecule has 0 saturated heterocycles. The van der Waals surface area contributed by atoms with Crippen LogP contribution in [0.5, 0.6) is 0 Å². The van der Waals surface area contributed by atoms with Gasteiger partial charge in [-0.2, -0.15) is 0 Å². The lowest BCUT2D eigenvalue weighted by molar-refractivity contribution is -0.114. The zero-order chi connectivity index (χ0) is 12.2. The first-order valence-electron chi connectivity index (χ1n) is 5.83. The van der Waals surface area contributed by atoms with Crippen molar-refractivity contribution >= 4 is 5.78 Å². The standard InChI is InChI=1S/C15H20O/c1-4-6-7-8-9-10-11-15(16)13-12-14(3)5-2/h1,10-11,14H,5,8-9,12-13H2,2-3H3. The summed E-state index contributed by atoms with van der Waals surface area (Å²) >= 11 is 0. The molecule has 0 fully saturated rings. The van der Waals surface area contributed by atoms with Crippen molar-refractivity contribution in [2.75, 3.05) is 0 Å². The first-order chi connectivity index (χ1) is 7.70. The lowest BCUT2D eigenvalue weighted by Crippen LogP contribution is -1.98. The third-order valence-electron chi connectivity index (χ3n) is 2.48. The molecule has 1 nitrogen and oxygen atoms in total. The second-order valence-corrected chi connectivity index (χ2v) is 3.91. The molecule has 0 aromatic carbocycles. The van der Waals surface area contributed by atoms with Crippen molar-refractivity contribution < 1.29 is 4.79 Å². The first-order valence-corrected chi connectivity index (χ1v) is 5.83. The smallest absolute Gasteiger partial charge is 0.155 e. The Hall–Kier alpha value is -1.47.